The van der Waals surface area contributed by atoms with Gasteiger partial charge < -0.3 is 5.11 Å². The van der Waals surface area contributed by atoms with Crippen molar-refractivity contribution in [1.29, 1.82) is 0 Å². The number of hydrogen-bond acceptors (Lipinski definition) is 2. The number of carbonyl (C=O) groups is 1. The van der Waals surface area contributed by atoms with Crippen LogP contribution in [0.5, 0.6) is 0 Å². The third-order valence-electron chi connectivity index (χ3n) is 4.17. The smallest absolute Gasteiger partial charge is 0.359 e. The first-order chi connectivity index (χ1) is 9.14. The SMILES string of the molecule is CCCCCCCCC1=NCC[N+]1(CC)CC(=O)O. The fraction of sp³-hybridized carbons (Fsp3) is 0.867. The Morgan fingerprint density at radius 3 is 2.53 bits per heavy atom. The van der Waals surface area contributed by atoms with Gasteiger partial charge in [-0.3, -0.25) is 4.48 Å². The molecule has 19 heavy (non-hydrogen) atoms. The Bertz CT molecular complexity index is 315. The largest absolute Gasteiger partial charge is 0.477 e. The van der Waals surface area contributed by atoms with Gasteiger partial charge in [0.15, 0.2) is 12.4 Å². The number of aliphatic carboxylic acids is 1. The molecule has 0 aliphatic carbocycles. The number of nitrogens with zero attached hydrogens (tertiary/aromatic N) is 2. The van der Waals surface area contributed by atoms with Crippen LogP contribution in [0.4, 0.5) is 0 Å². The van der Waals surface area contributed by atoms with Crippen molar-refractivity contribution in [1.82, 2.24) is 0 Å². The molecule has 0 amide bonds. The summed E-state index contributed by atoms with van der Waals surface area (Å²) in [4.78, 5) is 15.6. The van der Waals surface area contributed by atoms with E-state index >= 15 is 0 Å². The van der Waals surface area contributed by atoms with E-state index in [1.54, 1.807) is 0 Å². The van der Waals surface area contributed by atoms with Gasteiger partial charge in [-0.2, -0.15) is 0 Å². The number of hydrogen-bond donors (Lipinski definition) is 1. The average Bonchev–Trinajstić information content (AvgIpc) is 2.76. The predicted molar refractivity (Wildman–Crippen MR) is 78.5 cm³/mol. The number of carboxylic acid groups (broad SMARTS) is 1. The molecule has 0 aromatic heterocycles. The van der Waals surface area contributed by atoms with Crippen LogP contribution in [0.3, 0.4) is 0 Å². The van der Waals surface area contributed by atoms with Crippen molar-refractivity contribution in [3.8, 4) is 0 Å². The van der Waals surface area contributed by atoms with Crippen molar-refractivity contribution in [3.05, 3.63) is 0 Å². The Kier molecular flexibility index (Phi) is 7.06. The van der Waals surface area contributed by atoms with E-state index in [1.165, 1.54) is 32.1 Å². The normalized spacial score (nSPS) is 22.5. The quantitative estimate of drug-likeness (QED) is 0.489. The highest BCUT2D eigenvalue weighted by atomic mass is 16.4. The molecular formula is C15H29N2O2+. The molecule has 1 aliphatic heterocycles. The van der Waals surface area contributed by atoms with Crippen LogP contribution >= 0.6 is 0 Å². The van der Waals surface area contributed by atoms with Gasteiger partial charge in [0.25, 0.3) is 0 Å². The molecule has 0 saturated carbocycles. The lowest BCUT2D eigenvalue weighted by Gasteiger charge is -2.31. The van der Waals surface area contributed by atoms with Crippen molar-refractivity contribution >= 4 is 11.8 Å². The molecule has 110 valence electrons. The first-order valence-corrected chi connectivity index (χ1v) is 7.76. The topological polar surface area (TPSA) is 49.7 Å². The maximum absolute atomic E-state index is 11.0. The third-order valence-corrected chi connectivity index (χ3v) is 4.17. The lowest BCUT2D eigenvalue weighted by molar-refractivity contribution is -0.826. The van der Waals surface area contributed by atoms with Crippen molar-refractivity contribution in [2.24, 2.45) is 4.99 Å². The van der Waals surface area contributed by atoms with Crippen LogP contribution in [0.2, 0.25) is 0 Å². The second kappa shape index (κ2) is 8.31. The van der Waals surface area contributed by atoms with Crippen molar-refractivity contribution in [2.75, 3.05) is 26.2 Å². The summed E-state index contributed by atoms with van der Waals surface area (Å²) in [6, 6.07) is 0. The van der Waals surface area contributed by atoms with Gasteiger partial charge in [0.05, 0.1) is 13.1 Å². The summed E-state index contributed by atoms with van der Waals surface area (Å²) in [6.45, 7) is 7.02. The van der Waals surface area contributed by atoms with Crippen LogP contribution in [0.15, 0.2) is 4.99 Å². The number of amidine groups is 1. The molecule has 0 radical (unpaired) electrons. The fourth-order valence-electron chi connectivity index (χ4n) is 2.91. The van der Waals surface area contributed by atoms with E-state index in [1.807, 2.05) is 0 Å². The van der Waals surface area contributed by atoms with Crippen LogP contribution in [-0.2, 0) is 4.79 Å². The lowest BCUT2D eigenvalue weighted by Crippen LogP contribution is -2.53. The van der Waals surface area contributed by atoms with E-state index in [4.69, 9.17) is 5.11 Å². The predicted octanol–water partition coefficient (Wildman–Crippen LogP) is 3.07. The summed E-state index contributed by atoms with van der Waals surface area (Å²) < 4.78 is 0.588. The maximum Gasteiger partial charge on any atom is 0.359 e. The zero-order valence-corrected chi connectivity index (χ0v) is 12.5. The van der Waals surface area contributed by atoms with Crippen LogP contribution in [0.25, 0.3) is 0 Å². The molecule has 4 nitrogen and oxygen atoms in total. The number of carboxylic acids is 1. The van der Waals surface area contributed by atoms with Crippen LogP contribution in [-0.4, -0.2) is 47.6 Å². The molecule has 0 aromatic rings. The summed E-state index contributed by atoms with van der Waals surface area (Å²) in [5, 5.41) is 9.09. The minimum Gasteiger partial charge on any atom is -0.477 e. The zero-order chi connectivity index (χ0) is 14.1. The lowest BCUT2D eigenvalue weighted by atomic mass is 10.1. The number of unbranched alkanes of at least 4 members (excludes halogenated alkanes) is 5. The molecule has 1 atom stereocenters. The zero-order valence-electron chi connectivity index (χ0n) is 12.5. The highest BCUT2D eigenvalue weighted by molar-refractivity contribution is 5.80. The summed E-state index contributed by atoms with van der Waals surface area (Å²) >= 11 is 0. The van der Waals surface area contributed by atoms with E-state index in [9.17, 15) is 4.79 Å². The number of likely N-dealkylation sites (N-methyl/N-ethyl adjacent to an activating group) is 1. The Morgan fingerprint density at radius 1 is 1.21 bits per heavy atom. The second-order valence-electron chi connectivity index (χ2n) is 5.55. The van der Waals surface area contributed by atoms with E-state index in [0.29, 0.717) is 4.48 Å². The highest BCUT2D eigenvalue weighted by Gasteiger charge is 2.38. The van der Waals surface area contributed by atoms with Gasteiger partial charge in [0, 0.05) is 6.42 Å². The summed E-state index contributed by atoms with van der Waals surface area (Å²) in [5.74, 6) is 0.416. The maximum atomic E-state index is 11.0. The van der Waals surface area contributed by atoms with Crippen molar-refractivity contribution in [3.63, 3.8) is 0 Å². The first-order valence-electron chi connectivity index (χ1n) is 7.76. The van der Waals surface area contributed by atoms with Crippen LogP contribution in [0.1, 0.15) is 58.8 Å². The van der Waals surface area contributed by atoms with E-state index in [0.717, 1.165) is 38.3 Å². The molecule has 1 N–H and O–H groups in total. The van der Waals surface area contributed by atoms with Crippen molar-refractivity contribution in [2.45, 2.75) is 58.8 Å². The summed E-state index contributed by atoms with van der Waals surface area (Å²) in [5.41, 5.74) is 0. The van der Waals surface area contributed by atoms with E-state index < -0.39 is 5.97 Å². The fourth-order valence-corrected chi connectivity index (χ4v) is 2.91. The third kappa shape index (κ3) is 4.94. The molecule has 1 rings (SSSR count). The molecule has 0 saturated heterocycles. The van der Waals surface area contributed by atoms with Crippen LogP contribution in [0, 0.1) is 0 Å². The molecule has 0 fully saturated rings. The standard InChI is InChI=1S/C15H28N2O2/c1-3-5-6-7-8-9-10-14-16-11-12-17(14,4-2)13-15(18)19/h3-13H2,1-2H3/p+1. The Labute approximate surface area is 117 Å². The monoisotopic (exact) mass is 269 g/mol. The molecule has 4 heteroatoms. The van der Waals surface area contributed by atoms with E-state index in [-0.39, 0.29) is 6.54 Å². The van der Waals surface area contributed by atoms with Gasteiger partial charge in [-0.1, -0.05) is 39.0 Å². The van der Waals surface area contributed by atoms with Gasteiger partial charge in [-0.05, 0) is 13.3 Å². The van der Waals surface area contributed by atoms with Crippen LogP contribution < -0.4 is 0 Å². The van der Waals surface area contributed by atoms with E-state index in [2.05, 4.69) is 18.8 Å². The molecule has 1 unspecified atom stereocenters. The molecule has 0 aromatic carbocycles. The van der Waals surface area contributed by atoms with Crippen molar-refractivity contribution < 1.29 is 14.4 Å². The molecule has 1 heterocycles. The second-order valence-corrected chi connectivity index (χ2v) is 5.55. The Balaban J connectivity index is 2.36. The molecule has 1 aliphatic rings. The Morgan fingerprint density at radius 2 is 1.89 bits per heavy atom. The number of aliphatic imine (C=N–C) groups is 1. The van der Waals surface area contributed by atoms with Gasteiger partial charge in [0.2, 0.25) is 0 Å². The summed E-state index contributed by atoms with van der Waals surface area (Å²) in [6.07, 6.45) is 8.61. The molecule has 0 spiro atoms. The first kappa shape index (κ1) is 16.2. The molecular weight excluding hydrogens is 240 g/mol. The average molecular weight is 269 g/mol. The Hall–Kier alpha value is -0.900. The number of quaternary nitrogens is 1. The van der Waals surface area contributed by atoms with Gasteiger partial charge >= 0.3 is 5.97 Å². The van der Waals surface area contributed by atoms with Gasteiger partial charge in [-0.15, -0.1) is 0 Å². The highest BCUT2D eigenvalue weighted by Crippen LogP contribution is 2.20. The minimum absolute atomic E-state index is 0.200. The molecule has 0 bridgehead atoms. The van der Waals surface area contributed by atoms with Gasteiger partial charge in [0.1, 0.15) is 6.54 Å². The van der Waals surface area contributed by atoms with Gasteiger partial charge in [-0.25, -0.2) is 9.79 Å². The minimum atomic E-state index is -0.709. The summed E-state index contributed by atoms with van der Waals surface area (Å²) in [7, 11) is 0. The number of rotatable bonds is 10.